The molecular weight excluding hydrogens is 470 g/mol. The lowest BCUT2D eigenvalue weighted by Gasteiger charge is -2.14. The van der Waals surface area contributed by atoms with E-state index in [1.54, 1.807) is 0 Å². The van der Waals surface area contributed by atoms with Gasteiger partial charge in [-0.2, -0.15) is 0 Å². The van der Waals surface area contributed by atoms with Crippen molar-refractivity contribution in [3.63, 3.8) is 0 Å². The molecule has 0 atom stereocenters. The van der Waals surface area contributed by atoms with Crippen LogP contribution < -0.4 is 0 Å². The Hall–Kier alpha value is -4.62. The molecule has 1 aliphatic rings. The average Bonchev–Trinajstić information content (AvgIpc) is 3.54. The van der Waals surface area contributed by atoms with Crippen molar-refractivity contribution >= 4 is 65.2 Å². The summed E-state index contributed by atoms with van der Waals surface area (Å²) in [5, 5.41) is 10.7. The first-order chi connectivity index (χ1) is 19.3. The van der Waals surface area contributed by atoms with E-state index in [1.807, 2.05) is 0 Å². The minimum absolute atomic E-state index is 1.20. The van der Waals surface area contributed by atoms with Gasteiger partial charge >= 0.3 is 0 Å². The summed E-state index contributed by atoms with van der Waals surface area (Å²) < 4.78 is 2.51. The molecule has 8 aromatic rings. The zero-order chi connectivity index (χ0) is 25.5. The van der Waals surface area contributed by atoms with Gasteiger partial charge in [0.15, 0.2) is 0 Å². The van der Waals surface area contributed by atoms with Gasteiger partial charge in [-0.1, -0.05) is 91.0 Å². The largest absolute Gasteiger partial charge is 0.308 e. The van der Waals surface area contributed by atoms with Gasteiger partial charge in [0.05, 0.1) is 16.6 Å². The maximum atomic E-state index is 2.51. The van der Waals surface area contributed by atoms with Crippen molar-refractivity contribution in [2.75, 3.05) is 0 Å². The minimum Gasteiger partial charge on any atom is -0.308 e. The fraction of sp³-hybridized carbons (Fsp3) is 0.105. The van der Waals surface area contributed by atoms with Crippen LogP contribution in [-0.2, 0) is 0 Å². The molecule has 1 aliphatic carbocycles. The first-order valence-electron chi connectivity index (χ1n) is 14.2. The van der Waals surface area contributed by atoms with E-state index < -0.39 is 0 Å². The van der Waals surface area contributed by atoms with Crippen LogP contribution in [0.15, 0.2) is 115 Å². The number of allylic oxidation sites excluding steroid dienone is 2. The lowest BCUT2D eigenvalue weighted by molar-refractivity contribution is 0.742. The fourth-order valence-corrected chi connectivity index (χ4v) is 7.24. The zero-order valence-corrected chi connectivity index (χ0v) is 21.7. The molecule has 0 amide bonds. The fourth-order valence-electron chi connectivity index (χ4n) is 7.24. The molecule has 9 rings (SSSR count). The van der Waals surface area contributed by atoms with Crippen molar-refractivity contribution in [1.82, 2.24) is 4.40 Å². The molecule has 0 saturated heterocycles. The Morgan fingerprint density at radius 2 is 1.15 bits per heavy atom. The van der Waals surface area contributed by atoms with Crippen LogP contribution in [0.4, 0.5) is 0 Å². The van der Waals surface area contributed by atoms with Crippen molar-refractivity contribution in [1.29, 1.82) is 0 Å². The van der Waals surface area contributed by atoms with Gasteiger partial charge in [-0.3, -0.25) is 0 Å². The standard InChI is InChI=1S/C38H27N/c1-3-8-24(9-4-1)26-14-18-30-28(22-26)16-20-34-36(30)32-12-7-13-33-37-31-19-15-27(25-10-5-2-6-11-25)23-29(31)17-21-35(37)39(34)38(32)33/h1,3-4,7-10,12-23H,2,5-6,11H2. The summed E-state index contributed by atoms with van der Waals surface area (Å²) in [6.45, 7) is 0. The van der Waals surface area contributed by atoms with Crippen molar-refractivity contribution < 1.29 is 0 Å². The first-order valence-corrected chi connectivity index (χ1v) is 14.2. The van der Waals surface area contributed by atoms with Crippen LogP contribution in [0, 0.1) is 0 Å². The normalized spacial score (nSPS) is 14.4. The van der Waals surface area contributed by atoms with E-state index in [2.05, 4.69) is 120 Å². The molecule has 1 nitrogen and oxygen atoms in total. The summed E-state index contributed by atoms with van der Waals surface area (Å²) in [4.78, 5) is 0. The maximum absolute atomic E-state index is 2.51. The summed E-state index contributed by atoms with van der Waals surface area (Å²) in [7, 11) is 0. The molecule has 1 heteroatoms. The number of aromatic nitrogens is 1. The first kappa shape index (κ1) is 21.3. The molecule has 2 aromatic heterocycles. The zero-order valence-electron chi connectivity index (χ0n) is 21.7. The van der Waals surface area contributed by atoms with E-state index in [0.29, 0.717) is 0 Å². The van der Waals surface area contributed by atoms with Crippen LogP contribution >= 0.6 is 0 Å². The molecule has 6 aromatic carbocycles. The summed E-state index contributed by atoms with van der Waals surface area (Å²) in [5.41, 5.74) is 9.37. The van der Waals surface area contributed by atoms with Crippen LogP contribution in [0.5, 0.6) is 0 Å². The molecule has 0 saturated carbocycles. The van der Waals surface area contributed by atoms with E-state index in [4.69, 9.17) is 0 Å². The number of rotatable bonds is 2. The van der Waals surface area contributed by atoms with Crippen LogP contribution in [0.2, 0.25) is 0 Å². The number of benzene rings is 6. The van der Waals surface area contributed by atoms with E-state index in [1.165, 1.54) is 108 Å². The molecule has 0 unspecified atom stereocenters. The topological polar surface area (TPSA) is 4.41 Å². The molecule has 0 bridgehead atoms. The highest BCUT2D eigenvalue weighted by molar-refractivity contribution is 6.32. The monoisotopic (exact) mass is 497 g/mol. The van der Waals surface area contributed by atoms with E-state index in [0.717, 1.165) is 0 Å². The number of nitrogens with zero attached hydrogens (tertiary/aromatic N) is 1. The molecule has 0 fully saturated rings. The highest BCUT2D eigenvalue weighted by Gasteiger charge is 2.20. The average molecular weight is 498 g/mol. The molecule has 39 heavy (non-hydrogen) atoms. The summed E-state index contributed by atoms with van der Waals surface area (Å²) >= 11 is 0. The van der Waals surface area contributed by atoms with Gasteiger partial charge in [0.1, 0.15) is 0 Å². The Bertz CT molecular complexity index is 2260. The Morgan fingerprint density at radius 3 is 1.82 bits per heavy atom. The predicted molar refractivity (Wildman–Crippen MR) is 168 cm³/mol. The Balaban J connectivity index is 1.33. The highest BCUT2D eigenvalue weighted by atomic mass is 14.9. The SMILES string of the molecule is C1=C(c2ccc3c(ccc4c3c3cccc5c6c7ccc(-c8ccccc8)cc7ccc6n4c35)c2)CCCC1. The third kappa shape index (κ3) is 2.96. The minimum atomic E-state index is 1.20. The second-order valence-corrected chi connectivity index (χ2v) is 11.2. The number of hydrogen-bond donors (Lipinski definition) is 0. The summed E-state index contributed by atoms with van der Waals surface area (Å²) in [6.07, 6.45) is 7.49. The third-order valence-corrected chi connectivity index (χ3v) is 9.04. The van der Waals surface area contributed by atoms with Gasteiger partial charge in [-0.25, -0.2) is 0 Å². The van der Waals surface area contributed by atoms with Gasteiger partial charge in [-0.05, 0) is 93.8 Å². The third-order valence-electron chi connectivity index (χ3n) is 9.04. The van der Waals surface area contributed by atoms with Gasteiger partial charge < -0.3 is 4.40 Å². The van der Waals surface area contributed by atoms with Crippen LogP contribution in [0.3, 0.4) is 0 Å². The second-order valence-electron chi connectivity index (χ2n) is 11.2. The number of para-hydroxylation sites is 1. The van der Waals surface area contributed by atoms with E-state index >= 15 is 0 Å². The van der Waals surface area contributed by atoms with Crippen LogP contribution in [0.25, 0.3) is 76.3 Å². The van der Waals surface area contributed by atoms with Crippen LogP contribution in [0.1, 0.15) is 31.2 Å². The Kier molecular flexibility index (Phi) is 4.34. The molecule has 2 heterocycles. The molecule has 0 aliphatic heterocycles. The Labute approximate surface area is 226 Å². The maximum Gasteiger partial charge on any atom is 0.0620 e. The highest BCUT2D eigenvalue weighted by Crippen LogP contribution is 2.44. The quantitative estimate of drug-likeness (QED) is 0.224. The predicted octanol–water partition coefficient (Wildman–Crippen LogP) is 10.8. The number of hydrogen-bond acceptors (Lipinski definition) is 0. The molecule has 0 spiro atoms. The van der Waals surface area contributed by atoms with Crippen molar-refractivity contribution in [2.45, 2.75) is 25.7 Å². The van der Waals surface area contributed by atoms with Gasteiger partial charge in [0.25, 0.3) is 0 Å². The van der Waals surface area contributed by atoms with E-state index in [-0.39, 0.29) is 0 Å². The Morgan fingerprint density at radius 1 is 0.487 bits per heavy atom. The second kappa shape index (κ2) is 7.94. The smallest absolute Gasteiger partial charge is 0.0620 e. The lowest BCUT2D eigenvalue weighted by atomic mass is 9.91. The van der Waals surface area contributed by atoms with Gasteiger partial charge in [-0.15, -0.1) is 0 Å². The van der Waals surface area contributed by atoms with Crippen LogP contribution in [-0.4, -0.2) is 4.40 Å². The summed E-state index contributed by atoms with van der Waals surface area (Å²) in [5.74, 6) is 0. The lowest BCUT2D eigenvalue weighted by Crippen LogP contribution is -1.92. The molecule has 0 radical (unpaired) electrons. The van der Waals surface area contributed by atoms with Gasteiger partial charge in [0, 0.05) is 21.5 Å². The molecule has 184 valence electrons. The number of fused-ring (bicyclic) bond motifs is 10. The molecular formula is C38H27N. The summed E-state index contributed by atoms with van der Waals surface area (Å²) in [6, 6.07) is 40.9. The van der Waals surface area contributed by atoms with Gasteiger partial charge in [0.2, 0.25) is 0 Å². The van der Waals surface area contributed by atoms with E-state index in [9.17, 15) is 0 Å². The van der Waals surface area contributed by atoms with Crippen molar-refractivity contribution in [3.8, 4) is 11.1 Å². The van der Waals surface area contributed by atoms with Crippen molar-refractivity contribution in [3.05, 3.63) is 121 Å². The molecule has 0 N–H and O–H groups in total. The van der Waals surface area contributed by atoms with Crippen molar-refractivity contribution in [2.24, 2.45) is 0 Å².